The van der Waals surface area contributed by atoms with Crippen LogP contribution in [-0.4, -0.2) is 43.4 Å². The van der Waals surface area contributed by atoms with Crippen LogP contribution in [0.15, 0.2) is 0 Å². The molecule has 4 heteroatoms. The van der Waals surface area contributed by atoms with Gasteiger partial charge in [0, 0.05) is 19.0 Å². The molecule has 0 radical (unpaired) electrons. The van der Waals surface area contributed by atoms with Gasteiger partial charge in [0.25, 0.3) is 0 Å². The number of rotatable bonds is 2. The largest absolute Gasteiger partial charge is 0.350 e. The molecule has 0 aromatic heterocycles. The molecule has 2 aliphatic heterocycles. The maximum atomic E-state index is 13.3. The number of ether oxygens (including phenoxy) is 2. The average Bonchev–Trinajstić information content (AvgIpc) is 3.07. The van der Waals surface area contributed by atoms with E-state index in [4.69, 9.17) is 9.47 Å². The predicted octanol–water partition coefficient (Wildman–Crippen LogP) is 2.81. The maximum Gasteiger partial charge on any atom is 0.228 e. The first-order chi connectivity index (χ1) is 11.2. The quantitative estimate of drug-likeness (QED) is 0.785. The molecule has 23 heavy (non-hydrogen) atoms. The molecular weight excluding hydrogens is 290 g/mol. The molecule has 2 heterocycles. The van der Waals surface area contributed by atoms with Crippen LogP contribution in [0.5, 0.6) is 0 Å². The van der Waals surface area contributed by atoms with Gasteiger partial charge in [-0.25, -0.2) is 0 Å². The monoisotopic (exact) mass is 319 g/mol. The molecule has 128 valence electrons. The summed E-state index contributed by atoms with van der Waals surface area (Å²) in [7, 11) is 0. The molecule has 0 aromatic rings. The zero-order valence-electron chi connectivity index (χ0n) is 14.0. The van der Waals surface area contributed by atoms with Crippen LogP contribution >= 0.6 is 0 Å². The zero-order chi connectivity index (χ0) is 15.4. The Labute approximate surface area is 138 Å². The second-order valence-electron chi connectivity index (χ2n) is 8.94. The Morgan fingerprint density at radius 2 is 1.39 bits per heavy atom. The highest BCUT2D eigenvalue weighted by Gasteiger charge is 2.55. The fourth-order valence-electron chi connectivity index (χ4n) is 6.73. The highest BCUT2D eigenvalue weighted by molar-refractivity contribution is 5.83. The maximum absolute atomic E-state index is 13.3. The van der Waals surface area contributed by atoms with Gasteiger partial charge < -0.3 is 14.4 Å². The summed E-state index contributed by atoms with van der Waals surface area (Å²) in [5.41, 5.74) is 0.0297. The van der Waals surface area contributed by atoms with Crippen LogP contribution in [-0.2, 0) is 14.3 Å². The molecule has 4 nitrogen and oxygen atoms in total. The Balaban J connectivity index is 1.25. The fourth-order valence-corrected chi connectivity index (χ4v) is 6.73. The molecule has 4 bridgehead atoms. The van der Waals surface area contributed by atoms with Crippen LogP contribution in [0.1, 0.15) is 51.4 Å². The van der Waals surface area contributed by atoms with Crippen molar-refractivity contribution >= 4 is 5.91 Å². The van der Waals surface area contributed by atoms with E-state index in [1.165, 1.54) is 38.5 Å². The summed E-state index contributed by atoms with van der Waals surface area (Å²) in [6.45, 7) is 3.29. The number of amides is 1. The Bertz CT molecular complexity index is 442. The normalized spacial score (nSPS) is 44.2. The Morgan fingerprint density at radius 3 is 1.91 bits per heavy atom. The third-order valence-corrected chi connectivity index (χ3v) is 7.35. The molecule has 0 N–H and O–H groups in total. The van der Waals surface area contributed by atoms with Gasteiger partial charge in [-0.05, 0) is 69.1 Å². The Kier molecular flexibility index (Phi) is 3.49. The lowest BCUT2D eigenvalue weighted by Gasteiger charge is -2.57. The molecule has 4 saturated carbocycles. The minimum absolute atomic E-state index is 0.00759. The molecule has 6 aliphatic rings. The minimum Gasteiger partial charge on any atom is -0.350 e. The van der Waals surface area contributed by atoms with Crippen molar-refractivity contribution in [3.63, 3.8) is 0 Å². The number of carbonyl (C=O) groups is 1. The molecule has 0 aromatic carbocycles. The first-order valence-corrected chi connectivity index (χ1v) is 9.74. The van der Waals surface area contributed by atoms with Gasteiger partial charge in [-0.3, -0.25) is 4.79 Å². The van der Waals surface area contributed by atoms with Gasteiger partial charge in [0.1, 0.15) is 0 Å². The second kappa shape index (κ2) is 5.45. The number of hydrogen-bond acceptors (Lipinski definition) is 3. The lowest BCUT2D eigenvalue weighted by molar-refractivity contribution is -0.161. The summed E-state index contributed by atoms with van der Waals surface area (Å²) in [5, 5.41) is 0. The number of carbonyl (C=O) groups excluding carboxylic acids is 1. The first kappa shape index (κ1) is 14.7. The van der Waals surface area contributed by atoms with Crippen molar-refractivity contribution in [2.45, 2.75) is 57.7 Å². The van der Waals surface area contributed by atoms with Crippen molar-refractivity contribution in [1.82, 2.24) is 4.90 Å². The molecule has 2 saturated heterocycles. The molecule has 6 rings (SSSR count). The first-order valence-electron chi connectivity index (χ1n) is 9.74. The number of likely N-dealkylation sites (tertiary alicyclic amines) is 1. The number of nitrogens with zero attached hydrogens (tertiary/aromatic N) is 1. The molecule has 0 spiro atoms. The van der Waals surface area contributed by atoms with Crippen molar-refractivity contribution < 1.29 is 14.3 Å². The second-order valence-corrected chi connectivity index (χ2v) is 8.94. The summed E-state index contributed by atoms with van der Waals surface area (Å²) in [6, 6.07) is 0. The molecule has 6 fully saturated rings. The van der Waals surface area contributed by atoms with Gasteiger partial charge >= 0.3 is 0 Å². The summed E-state index contributed by atoms with van der Waals surface area (Å²) in [6.07, 6.45) is 9.87. The highest BCUT2D eigenvalue weighted by Crippen LogP contribution is 2.60. The van der Waals surface area contributed by atoms with Crippen molar-refractivity contribution in [2.24, 2.45) is 29.1 Å². The third-order valence-electron chi connectivity index (χ3n) is 7.35. The number of piperidine rings is 1. The van der Waals surface area contributed by atoms with Gasteiger partial charge in [-0.2, -0.15) is 0 Å². The summed E-state index contributed by atoms with van der Waals surface area (Å²) < 4.78 is 11.3. The van der Waals surface area contributed by atoms with E-state index in [0.717, 1.165) is 56.9 Å². The van der Waals surface area contributed by atoms with E-state index >= 15 is 0 Å². The molecule has 1 amide bonds. The lowest BCUT2D eigenvalue weighted by atomic mass is 9.49. The third kappa shape index (κ3) is 2.44. The smallest absolute Gasteiger partial charge is 0.228 e. The van der Waals surface area contributed by atoms with Crippen molar-refractivity contribution in [2.75, 3.05) is 26.3 Å². The van der Waals surface area contributed by atoms with E-state index in [1.54, 1.807) is 0 Å². The van der Waals surface area contributed by atoms with E-state index in [1.807, 2.05) is 0 Å². The van der Waals surface area contributed by atoms with Crippen LogP contribution in [0, 0.1) is 29.1 Å². The van der Waals surface area contributed by atoms with Crippen LogP contribution in [0.2, 0.25) is 0 Å². The topological polar surface area (TPSA) is 38.8 Å². The van der Waals surface area contributed by atoms with Gasteiger partial charge in [0.2, 0.25) is 5.91 Å². The van der Waals surface area contributed by atoms with Crippen LogP contribution < -0.4 is 0 Å². The van der Waals surface area contributed by atoms with E-state index in [9.17, 15) is 4.79 Å². The van der Waals surface area contributed by atoms with Crippen molar-refractivity contribution in [3.05, 3.63) is 0 Å². The molecular formula is C19H29NO3. The number of hydrogen-bond donors (Lipinski definition) is 0. The van der Waals surface area contributed by atoms with Gasteiger partial charge in [0.05, 0.1) is 18.6 Å². The van der Waals surface area contributed by atoms with E-state index in [2.05, 4.69) is 4.90 Å². The predicted molar refractivity (Wildman–Crippen MR) is 85.6 cm³/mol. The van der Waals surface area contributed by atoms with Crippen molar-refractivity contribution in [3.8, 4) is 0 Å². The summed E-state index contributed by atoms with van der Waals surface area (Å²) in [5.74, 6) is 3.54. The van der Waals surface area contributed by atoms with E-state index in [-0.39, 0.29) is 11.7 Å². The highest BCUT2D eigenvalue weighted by atomic mass is 16.7. The van der Waals surface area contributed by atoms with Crippen molar-refractivity contribution in [1.29, 1.82) is 0 Å². The van der Waals surface area contributed by atoms with Gasteiger partial charge in [-0.15, -0.1) is 0 Å². The minimum atomic E-state index is -0.00759. The standard InChI is InChI=1S/C19H29NO3/c21-18(19-10-13-7-14(11-19)9-15(8-13)12-19)20-3-1-16(2-4-20)17-22-5-6-23-17/h13-17H,1-12H2. The van der Waals surface area contributed by atoms with Crippen LogP contribution in [0.25, 0.3) is 0 Å². The zero-order valence-corrected chi connectivity index (χ0v) is 14.0. The average molecular weight is 319 g/mol. The molecule has 4 aliphatic carbocycles. The summed E-state index contributed by atoms with van der Waals surface area (Å²) in [4.78, 5) is 15.5. The Hall–Kier alpha value is -0.610. The fraction of sp³-hybridized carbons (Fsp3) is 0.947. The van der Waals surface area contributed by atoms with E-state index < -0.39 is 0 Å². The van der Waals surface area contributed by atoms with Crippen LogP contribution in [0.3, 0.4) is 0 Å². The van der Waals surface area contributed by atoms with Crippen LogP contribution in [0.4, 0.5) is 0 Å². The Morgan fingerprint density at radius 1 is 0.870 bits per heavy atom. The molecule has 0 atom stereocenters. The summed E-state index contributed by atoms with van der Waals surface area (Å²) >= 11 is 0. The van der Waals surface area contributed by atoms with E-state index in [0.29, 0.717) is 11.8 Å². The SMILES string of the molecule is O=C(N1CCC(C2OCCO2)CC1)C12CC3CC(CC(C3)C1)C2. The molecule has 0 unspecified atom stereocenters. The van der Waals surface area contributed by atoms with Gasteiger partial charge in [-0.1, -0.05) is 0 Å². The lowest BCUT2D eigenvalue weighted by Crippen LogP contribution is -2.56. The van der Waals surface area contributed by atoms with Gasteiger partial charge in [0.15, 0.2) is 6.29 Å².